The normalized spacial score (nSPS) is 10.9. The van der Waals surface area contributed by atoms with E-state index < -0.39 is 4.92 Å². The highest BCUT2D eigenvalue weighted by Crippen LogP contribution is 2.31. The van der Waals surface area contributed by atoms with E-state index in [-0.39, 0.29) is 11.5 Å². The molecule has 0 aliphatic heterocycles. The predicted molar refractivity (Wildman–Crippen MR) is 97.3 cm³/mol. The van der Waals surface area contributed by atoms with Gasteiger partial charge < -0.3 is 5.32 Å². The van der Waals surface area contributed by atoms with Crippen LogP contribution in [0.2, 0.25) is 0 Å². The van der Waals surface area contributed by atoms with Gasteiger partial charge in [-0.25, -0.2) is 9.97 Å². The van der Waals surface area contributed by atoms with Crippen molar-refractivity contribution >= 4 is 60.8 Å². The topological polar surface area (TPSA) is 81.0 Å². The Morgan fingerprint density at radius 1 is 1.48 bits per heavy atom. The second-order valence-electron chi connectivity index (χ2n) is 4.58. The summed E-state index contributed by atoms with van der Waals surface area (Å²) in [6.07, 6.45) is 3.52. The quantitative estimate of drug-likeness (QED) is 0.373. The third kappa shape index (κ3) is 3.46. The van der Waals surface area contributed by atoms with Crippen LogP contribution >= 0.6 is 39.0 Å². The molecule has 2 heterocycles. The summed E-state index contributed by atoms with van der Waals surface area (Å²) in [4.78, 5) is 19.4. The van der Waals surface area contributed by atoms with Crippen LogP contribution in [0.25, 0.3) is 10.2 Å². The van der Waals surface area contributed by atoms with Gasteiger partial charge in [-0.1, -0.05) is 23.9 Å². The summed E-state index contributed by atoms with van der Waals surface area (Å²) in [5, 5.41) is 14.2. The number of para-hydroxylation sites is 1. The van der Waals surface area contributed by atoms with E-state index >= 15 is 0 Å². The van der Waals surface area contributed by atoms with Crippen LogP contribution in [0.15, 0.2) is 39.3 Å². The summed E-state index contributed by atoms with van der Waals surface area (Å²) >= 11 is 6.44. The number of pyridine rings is 1. The molecule has 0 aliphatic carbocycles. The fourth-order valence-electron chi connectivity index (χ4n) is 2.10. The van der Waals surface area contributed by atoms with Gasteiger partial charge in [-0.3, -0.25) is 10.1 Å². The molecular weight excluding hydrogens is 400 g/mol. The number of hydrogen-bond donors (Lipinski definition) is 1. The highest BCUT2D eigenvalue weighted by atomic mass is 79.9. The number of thiazole rings is 1. The Balaban J connectivity index is 1.89. The lowest BCUT2D eigenvalue weighted by atomic mass is 10.2. The predicted octanol–water partition coefficient (Wildman–Crippen LogP) is 4.70. The van der Waals surface area contributed by atoms with Gasteiger partial charge in [-0.2, -0.15) is 0 Å². The number of nitrogens with zero attached hydrogens (tertiary/aromatic N) is 3. The zero-order valence-corrected chi connectivity index (χ0v) is 15.2. The van der Waals surface area contributed by atoms with Gasteiger partial charge in [-0.15, -0.1) is 11.3 Å². The Kier molecular flexibility index (Phi) is 4.79. The van der Waals surface area contributed by atoms with Crippen molar-refractivity contribution in [2.45, 2.75) is 10.9 Å². The van der Waals surface area contributed by atoms with Crippen LogP contribution in [0.4, 0.5) is 11.5 Å². The molecule has 0 bridgehead atoms. The molecule has 0 saturated heterocycles. The number of nitro groups is 1. The summed E-state index contributed by atoms with van der Waals surface area (Å²) in [6, 6.07) is 7.38. The van der Waals surface area contributed by atoms with Crippen LogP contribution in [0.5, 0.6) is 0 Å². The average Bonchev–Trinajstić information content (AvgIpc) is 2.97. The monoisotopic (exact) mass is 410 g/mol. The smallest absolute Gasteiger partial charge is 0.312 e. The van der Waals surface area contributed by atoms with Crippen molar-refractivity contribution in [3.8, 4) is 0 Å². The van der Waals surface area contributed by atoms with E-state index in [1.807, 2.05) is 24.5 Å². The summed E-state index contributed by atoms with van der Waals surface area (Å²) < 4.78 is 2.67. The molecule has 0 fully saturated rings. The van der Waals surface area contributed by atoms with E-state index in [1.54, 1.807) is 23.1 Å². The molecule has 0 unspecified atom stereocenters. The third-order valence-corrected chi connectivity index (χ3v) is 5.57. The van der Waals surface area contributed by atoms with Crippen molar-refractivity contribution in [3.63, 3.8) is 0 Å². The zero-order valence-electron chi connectivity index (χ0n) is 11.9. The summed E-state index contributed by atoms with van der Waals surface area (Å²) in [5.41, 5.74) is 1.85. The van der Waals surface area contributed by atoms with E-state index in [0.29, 0.717) is 11.0 Å². The van der Waals surface area contributed by atoms with Crippen molar-refractivity contribution < 1.29 is 4.92 Å². The van der Waals surface area contributed by atoms with Crippen LogP contribution < -0.4 is 5.32 Å². The standard InChI is InChI=1S/C14H11BrN4O2S2/c1-22-14-18-12-8(3-2-4-11(12)23-14)6-16-13-10(19(20)21)5-9(15)7-17-13/h2-5,7H,6H2,1H3,(H,16,17). The number of aromatic nitrogens is 2. The van der Waals surface area contributed by atoms with Gasteiger partial charge in [0, 0.05) is 23.3 Å². The van der Waals surface area contributed by atoms with E-state index in [4.69, 9.17) is 0 Å². The molecular formula is C14H11BrN4O2S2. The van der Waals surface area contributed by atoms with Crippen molar-refractivity contribution in [1.82, 2.24) is 9.97 Å². The third-order valence-electron chi connectivity index (χ3n) is 3.13. The first-order chi connectivity index (χ1) is 11.1. The lowest BCUT2D eigenvalue weighted by Gasteiger charge is -2.07. The average molecular weight is 411 g/mol. The van der Waals surface area contributed by atoms with Crippen LogP contribution in [0.1, 0.15) is 5.56 Å². The van der Waals surface area contributed by atoms with Crippen molar-refractivity contribution in [3.05, 3.63) is 50.6 Å². The molecule has 0 aliphatic rings. The molecule has 118 valence electrons. The minimum absolute atomic E-state index is 0.0605. The number of fused-ring (bicyclic) bond motifs is 1. The van der Waals surface area contributed by atoms with Crippen molar-refractivity contribution in [2.75, 3.05) is 11.6 Å². The molecule has 3 rings (SSSR count). The van der Waals surface area contributed by atoms with Gasteiger partial charge in [0.15, 0.2) is 4.34 Å². The molecule has 1 N–H and O–H groups in total. The maximum Gasteiger partial charge on any atom is 0.312 e. The highest BCUT2D eigenvalue weighted by Gasteiger charge is 2.16. The number of rotatable bonds is 5. The van der Waals surface area contributed by atoms with E-state index in [2.05, 4.69) is 31.2 Å². The number of thioether (sulfide) groups is 1. The molecule has 0 atom stereocenters. The number of nitrogens with one attached hydrogen (secondary N) is 1. The number of benzene rings is 1. The SMILES string of the molecule is CSc1nc2c(CNc3ncc(Br)cc3[N+](=O)[O-])cccc2s1. The first-order valence-electron chi connectivity index (χ1n) is 6.54. The molecule has 23 heavy (non-hydrogen) atoms. The number of hydrogen-bond acceptors (Lipinski definition) is 7. The Bertz CT molecular complexity index is 884. The Morgan fingerprint density at radius 3 is 3.04 bits per heavy atom. The van der Waals surface area contributed by atoms with E-state index in [1.165, 1.54) is 12.3 Å². The van der Waals surface area contributed by atoms with E-state index in [0.717, 1.165) is 20.1 Å². The molecule has 1 aromatic carbocycles. The first kappa shape index (κ1) is 16.2. The maximum absolute atomic E-state index is 11.1. The van der Waals surface area contributed by atoms with Gasteiger partial charge >= 0.3 is 5.69 Å². The Hall–Kier alpha value is -1.71. The molecule has 2 aromatic heterocycles. The van der Waals surface area contributed by atoms with Crippen LogP contribution in [0.3, 0.4) is 0 Å². The van der Waals surface area contributed by atoms with Gasteiger partial charge in [0.05, 0.1) is 15.1 Å². The van der Waals surface area contributed by atoms with Crippen LogP contribution in [0, 0.1) is 10.1 Å². The molecule has 0 amide bonds. The summed E-state index contributed by atoms with van der Waals surface area (Å²) in [7, 11) is 0. The lowest BCUT2D eigenvalue weighted by molar-refractivity contribution is -0.384. The fraction of sp³-hybridized carbons (Fsp3) is 0.143. The molecule has 0 spiro atoms. The second kappa shape index (κ2) is 6.81. The highest BCUT2D eigenvalue weighted by molar-refractivity contribution is 9.10. The number of anilines is 1. The van der Waals surface area contributed by atoms with Crippen molar-refractivity contribution in [1.29, 1.82) is 0 Å². The fourth-order valence-corrected chi connectivity index (χ4v) is 3.95. The van der Waals surface area contributed by atoms with E-state index in [9.17, 15) is 10.1 Å². The molecule has 3 aromatic rings. The molecule has 0 saturated carbocycles. The molecule has 9 heteroatoms. The Labute approximate surface area is 148 Å². The minimum Gasteiger partial charge on any atom is -0.360 e. The first-order valence-corrected chi connectivity index (χ1v) is 9.38. The van der Waals surface area contributed by atoms with Gasteiger partial charge in [0.25, 0.3) is 0 Å². The minimum atomic E-state index is -0.449. The largest absolute Gasteiger partial charge is 0.360 e. The van der Waals surface area contributed by atoms with Crippen molar-refractivity contribution in [2.24, 2.45) is 0 Å². The second-order valence-corrected chi connectivity index (χ2v) is 7.58. The zero-order chi connectivity index (χ0) is 16.4. The van der Waals surface area contributed by atoms with Crippen LogP contribution in [-0.4, -0.2) is 21.1 Å². The lowest BCUT2D eigenvalue weighted by Crippen LogP contribution is -2.05. The maximum atomic E-state index is 11.1. The Morgan fingerprint density at radius 2 is 2.30 bits per heavy atom. The van der Waals surface area contributed by atoms with Gasteiger partial charge in [0.1, 0.15) is 0 Å². The molecule has 6 nitrogen and oxygen atoms in total. The number of halogens is 1. The summed E-state index contributed by atoms with van der Waals surface area (Å²) in [5.74, 6) is 0.246. The summed E-state index contributed by atoms with van der Waals surface area (Å²) in [6.45, 7) is 0.421. The van der Waals surface area contributed by atoms with Crippen LogP contribution in [-0.2, 0) is 6.54 Å². The van der Waals surface area contributed by atoms with Gasteiger partial charge in [-0.05, 0) is 33.8 Å². The van der Waals surface area contributed by atoms with Gasteiger partial charge in [0.2, 0.25) is 5.82 Å². The molecule has 0 radical (unpaired) electrons.